The number of nitrogens with one attached hydrogen (secondary N) is 1. The molecule has 0 aromatic heterocycles. The molecule has 0 amide bonds. The normalized spacial score (nSPS) is 12.4. The van der Waals surface area contributed by atoms with Crippen LogP contribution in [0, 0.1) is 0 Å². The lowest BCUT2D eigenvalue weighted by atomic mass is 10.0. The topological polar surface area (TPSA) is 93.1 Å². The molecule has 1 rings (SSSR count). The van der Waals surface area contributed by atoms with Crippen molar-refractivity contribution >= 4 is 17.6 Å². The van der Waals surface area contributed by atoms with Crippen molar-refractivity contribution in [3.63, 3.8) is 0 Å². The first-order valence-electron chi connectivity index (χ1n) is 8.56. The summed E-state index contributed by atoms with van der Waals surface area (Å²) in [6.45, 7) is 5.81. The molecule has 3 N–H and O–H groups in total. The van der Waals surface area contributed by atoms with Gasteiger partial charge < -0.3 is 20.4 Å². The van der Waals surface area contributed by atoms with Crippen LogP contribution in [-0.4, -0.2) is 77.8 Å². The summed E-state index contributed by atoms with van der Waals surface area (Å²) in [5.41, 5.74) is 2.05. The summed E-state index contributed by atoms with van der Waals surface area (Å²) in [4.78, 5) is 26.1. The number of rotatable bonds is 12. The second-order valence-electron chi connectivity index (χ2n) is 5.98. The lowest BCUT2D eigenvalue weighted by molar-refractivity contribution is -0.143. The van der Waals surface area contributed by atoms with Gasteiger partial charge in [0.25, 0.3) is 0 Å². The van der Waals surface area contributed by atoms with Crippen LogP contribution in [0.2, 0.25) is 0 Å². The van der Waals surface area contributed by atoms with Gasteiger partial charge in [-0.1, -0.05) is 26.0 Å². The van der Waals surface area contributed by atoms with Crippen LogP contribution >= 0.6 is 0 Å². The molecule has 0 saturated heterocycles. The zero-order valence-electron chi connectivity index (χ0n) is 15.2. The average Bonchev–Trinajstić information content (AvgIpc) is 2.57. The molecule has 25 heavy (non-hydrogen) atoms. The monoisotopic (exact) mass is 351 g/mol. The molecule has 0 saturated carbocycles. The van der Waals surface area contributed by atoms with Crippen LogP contribution in [0.1, 0.15) is 19.4 Å². The van der Waals surface area contributed by atoms with E-state index in [1.54, 1.807) is 0 Å². The predicted molar refractivity (Wildman–Crippen MR) is 98.1 cm³/mol. The summed E-state index contributed by atoms with van der Waals surface area (Å²) in [5.74, 6) is -2.03. The molecule has 140 valence electrons. The van der Waals surface area contributed by atoms with E-state index in [1.165, 1.54) is 4.90 Å². The molecule has 0 spiro atoms. The highest BCUT2D eigenvalue weighted by molar-refractivity contribution is 5.72. The maximum atomic E-state index is 11.2. The van der Waals surface area contributed by atoms with Crippen LogP contribution in [0.5, 0.6) is 0 Å². The number of nitrogens with zero attached hydrogens (tertiary/aromatic N) is 2. The lowest BCUT2D eigenvalue weighted by Gasteiger charge is -2.33. The molecule has 0 aliphatic rings. The van der Waals surface area contributed by atoms with Crippen LogP contribution in [0.25, 0.3) is 0 Å². The van der Waals surface area contributed by atoms with Crippen molar-refractivity contribution in [2.45, 2.75) is 26.3 Å². The second kappa shape index (κ2) is 10.7. The van der Waals surface area contributed by atoms with Crippen molar-refractivity contribution in [1.29, 1.82) is 0 Å². The Hall–Kier alpha value is -2.12. The molecule has 1 aromatic carbocycles. The maximum absolute atomic E-state index is 11.2. The Balaban J connectivity index is 3.01. The van der Waals surface area contributed by atoms with Crippen LogP contribution in [0.15, 0.2) is 24.3 Å². The van der Waals surface area contributed by atoms with Gasteiger partial charge in [-0.25, -0.2) is 0 Å². The van der Waals surface area contributed by atoms with E-state index in [4.69, 9.17) is 0 Å². The van der Waals surface area contributed by atoms with Crippen molar-refractivity contribution in [1.82, 2.24) is 9.80 Å². The van der Waals surface area contributed by atoms with Gasteiger partial charge in [-0.3, -0.25) is 14.5 Å². The summed E-state index contributed by atoms with van der Waals surface area (Å²) in [6, 6.07) is 7.71. The number of benzene rings is 1. The molecule has 1 unspecified atom stereocenters. The molecule has 0 radical (unpaired) electrons. The van der Waals surface area contributed by atoms with E-state index in [9.17, 15) is 19.8 Å². The van der Waals surface area contributed by atoms with Gasteiger partial charge in [0.15, 0.2) is 0 Å². The first-order chi connectivity index (χ1) is 11.9. The minimum Gasteiger partial charge on any atom is -0.480 e. The summed E-state index contributed by atoms with van der Waals surface area (Å²) in [6.07, 6.45) is 0.598. The molecule has 0 aliphatic carbocycles. The van der Waals surface area contributed by atoms with Crippen molar-refractivity contribution in [3.05, 3.63) is 29.8 Å². The number of aliphatic carboxylic acids is 2. The van der Waals surface area contributed by atoms with Crippen LogP contribution in [0.3, 0.4) is 0 Å². The van der Waals surface area contributed by atoms with Crippen LogP contribution in [-0.2, 0) is 16.0 Å². The van der Waals surface area contributed by atoms with E-state index >= 15 is 0 Å². The fraction of sp³-hybridized carbons (Fsp3) is 0.556. The van der Waals surface area contributed by atoms with E-state index in [1.807, 2.05) is 45.2 Å². The van der Waals surface area contributed by atoms with Gasteiger partial charge in [0.1, 0.15) is 0 Å². The summed E-state index contributed by atoms with van der Waals surface area (Å²) in [7, 11) is 1.85. The Kier molecular flexibility index (Phi) is 8.94. The minimum atomic E-state index is -1.02. The Labute approximate surface area is 149 Å². The molecular formula is C18H29N3O4. The molecule has 0 fully saturated rings. The lowest BCUT2D eigenvalue weighted by Crippen LogP contribution is -2.49. The minimum absolute atomic E-state index is 0.187. The van der Waals surface area contributed by atoms with Crippen molar-refractivity contribution in [3.8, 4) is 0 Å². The van der Waals surface area contributed by atoms with E-state index < -0.39 is 11.9 Å². The highest BCUT2D eigenvalue weighted by Crippen LogP contribution is 2.14. The van der Waals surface area contributed by atoms with Gasteiger partial charge in [0.05, 0.1) is 13.1 Å². The Morgan fingerprint density at radius 2 is 1.56 bits per heavy atom. The molecule has 1 aromatic rings. The quantitative estimate of drug-likeness (QED) is 0.525. The van der Waals surface area contributed by atoms with Crippen molar-refractivity contribution < 1.29 is 19.8 Å². The molecule has 7 heteroatoms. The Bertz CT molecular complexity index is 528. The van der Waals surface area contributed by atoms with E-state index in [-0.39, 0.29) is 19.1 Å². The molecule has 7 nitrogen and oxygen atoms in total. The molecule has 0 heterocycles. The van der Waals surface area contributed by atoms with Crippen LogP contribution in [0.4, 0.5) is 5.69 Å². The number of carbonyl (C=O) groups is 2. The summed E-state index contributed by atoms with van der Waals surface area (Å²) >= 11 is 0. The standard InChI is InChI=1S/C18H29N3O4/c1-4-20(5-2)11-16(21(12-17(22)23)13-18(24)25)10-14-6-8-15(19-3)9-7-14/h6-9,16,19H,4-5,10-13H2,1-3H3,(H,22,23)(H,24,25). The van der Waals surface area contributed by atoms with Gasteiger partial charge >= 0.3 is 11.9 Å². The molecule has 1 atom stereocenters. The summed E-state index contributed by atoms with van der Waals surface area (Å²) in [5, 5.41) is 21.4. The van der Waals surface area contributed by atoms with E-state index in [0.717, 1.165) is 24.3 Å². The smallest absolute Gasteiger partial charge is 0.317 e. The number of carboxylic acid groups (broad SMARTS) is 2. The predicted octanol–water partition coefficient (Wildman–Crippen LogP) is 1.45. The number of anilines is 1. The highest BCUT2D eigenvalue weighted by atomic mass is 16.4. The fourth-order valence-electron chi connectivity index (χ4n) is 2.83. The SMILES string of the molecule is CCN(CC)CC(Cc1ccc(NC)cc1)N(CC(=O)O)CC(=O)O. The van der Waals surface area contributed by atoms with Gasteiger partial charge in [0, 0.05) is 25.3 Å². The van der Waals surface area contributed by atoms with Gasteiger partial charge in [-0.15, -0.1) is 0 Å². The Morgan fingerprint density at radius 1 is 1.04 bits per heavy atom. The average molecular weight is 351 g/mol. The van der Waals surface area contributed by atoms with Crippen LogP contribution < -0.4 is 5.32 Å². The zero-order valence-corrected chi connectivity index (χ0v) is 15.2. The highest BCUT2D eigenvalue weighted by Gasteiger charge is 2.25. The Morgan fingerprint density at radius 3 is 1.96 bits per heavy atom. The fourth-order valence-corrected chi connectivity index (χ4v) is 2.83. The third-order valence-electron chi connectivity index (χ3n) is 4.27. The third-order valence-corrected chi connectivity index (χ3v) is 4.27. The maximum Gasteiger partial charge on any atom is 0.317 e. The number of hydrogen-bond acceptors (Lipinski definition) is 5. The number of hydrogen-bond donors (Lipinski definition) is 3. The number of likely N-dealkylation sites (N-methyl/N-ethyl adjacent to an activating group) is 1. The summed E-state index contributed by atoms with van der Waals surface area (Å²) < 4.78 is 0. The zero-order chi connectivity index (χ0) is 18.8. The number of carboxylic acids is 2. The molecule has 0 bridgehead atoms. The van der Waals surface area contributed by atoms with Gasteiger partial charge in [0.2, 0.25) is 0 Å². The second-order valence-corrected chi connectivity index (χ2v) is 5.98. The molecule has 0 aliphatic heterocycles. The largest absolute Gasteiger partial charge is 0.480 e. The van der Waals surface area contributed by atoms with Crippen molar-refractivity contribution in [2.75, 3.05) is 45.1 Å². The van der Waals surface area contributed by atoms with Crippen molar-refractivity contribution in [2.24, 2.45) is 0 Å². The van der Waals surface area contributed by atoms with Gasteiger partial charge in [-0.2, -0.15) is 0 Å². The first kappa shape index (κ1) is 20.9. The molecular weight excluding hydrogens is 322 g/mol. The van der Waals surface area contributed by atoms with E-state index in [2.05, 4.69) is 10.2 Å². The van der Waals surface area contributed by atoms with Gasteiger partial charge in [-0.05, 0) is 37.2 Å². The van der Waals surface area contributed by atoms with E-state index in [0.29, 0.717) is 13.0 Å². The third kappa shape index (κ3) is 7.53. The first-order valence-corrected chi connectivity index (χ1v) is 8.56.